The van der Waals surface area contributed by atoms with E-state index >= 15 is 0 Å². The number of hydrogen-bond acceptors (Lipinski definition) is 3. The van der Waals surface area contributed by atoms with Crippen LogP contribution in [-0.2, 0) is 0 Å². The maximum Gasteiger partial charge on any atom is 0.337 e. The molecule has 26 heavy (non-hydrogen) atoms. The summed E-state index contributed by atoms with van der Waals surface area (Å²) >= 11 is 5.93. The number of H-pyrrole nitrogens is 1. The number of urea groups is 1. The van der Waals surface area contributed by atoms with Gasteiger partial charge in [-0.05, 0) is 48.5 Å². The molecule has 2 aromatic carbocycles. The van der Waals surface area contributed by atoms with E-state index < -0.39 is 11.9 Å². The summed E-state index contributed by atoms with van der Waals surface area (Å²) in [4.78, 5) is 29.0. The molecule has 7 nitrogen and oxygen atoms in total. The number of aromatic nitrogens is 1. The molecule has 0 unspecified atom stereocenters. The van der Waals surface area contributed by atoms with E-state index in [9.17, 15) is 9.59 Å². The van der Waals surface area contributed by atoms with Crippen LogP contribution in [0.5, 0.6) is 0 Å². The van der Waals surface area contributed by atoms with E-state index in [0.29, 0.717) is 16.4 Å². The van der Waals surface area contributed by atoms with E-state index in [-0.39, 0.29) is 0 Å². The van der Waals surface area contributed by atoms with E-state index in [2.05, 4.69) is 21.2 Å². The molecule has 134 valence electrons. The maximum absolute atomic E-state index is 12.2. The third kappa shape index (κ3) is 4.07. The first kappa shape index (κ1) is 17.6. The van der Waals surface area contributed by atoms with Gasteiger partial charge in [0.25, 0.3) is 5.91 Å². The third-order valence-corrected chi connectivity index (χ3v) is 3.99. The highest BCUT2D eigenvalue weighted by molar-refractivity contribution is 6.31. The van der Waals surface area contributed by atoms with E-state index in [1.807, 2.05) is 31.1 Å². The lowest BCUT2D eigenvalue weighted by atomic mass is 10.2. The van der Waals surface area contributed by atoms with Crippen LogP contribution in [0.25, 0.3) is 10.9 Å². The van der Waals surface area contributed by atoms with Gasteiger partial charge in [0, 0.05) is 41.4 Å². The number of fused-ring (bicyclic) bond motifs is 1. The molecule has 3 aromatic rings. The number of benzene rings is 2. The van der Waals surface area contributed by atoms with Crippen molar-refractivity contribution < 1.29 is 9.59 Å². The van der Waals surface area contributed by atoms with E-state index in [1.165, 1.54) is 0 Å². The first-order valence-corrected chi connectivity index (χ1v) is 8.23. The van der Waals surface area contributed by atoms with Gasteiger partial charge in [0.15, 0.2) is 0 Å². The summed E-state index contributed by atoms with van der Waals surface area (Å²) in [5, 5.41) is 4.04. The number of carbonyl (C=O) groups excluding carboxylic acids is 2. The summed E-state index contributed by atoms with van der Waals surface area (Å²) in [5.41, 5.74) is 7.40. The van der Waals surface area contributed by atoms with Crippen molar-refractivity contribution >= 4 is 45.8 Å². The summed E-state index contributed by atoms with van der Waals surface area (Å²) in [5.74, 6) is -0.463. The van der Waals surface area contributed by atoms with Crippen LogP contribution in [-0.4, -0.2) is 31.0 Å². The van der Waals surface area contributed by atoms with Crippen molar-refractivity contribution in [1.29, 1.82) is 0 Å². The number of hydrazine groups is 1. The Kier molecular flexibility index (Phi) is 4.99. The zero-order valence-corrected chi connectivity index (χ0v) is 15.0. The second kappa shape index (κ2) is 7.37. The van der Waals surface area contributed by atoms with Crippen LogP contribution >= 0.6 is 11.6 Å². The summed E-state index contributed by atoms with van der Waals surface area (Å²) in [7, 11) is 3.87. The minimum Gasteiger partial charge on any atom is -0.378 e. The van der Waals surface area contributed by atoms with Gasteiger partial charge in [-0.15, -0.1) is 0 Å². The molecular formula is C18H18ClN5O2. The molecule has 4 N–H and O–H groups in total. The Balaban J connectivity index is 1.57. The molecule has 0 atom stereocenters. The number of halogens is 1. The van der Waals surface area contributed by atoms with Crippen molar-refractivity contribution in [2.45, 2.75) is 0 Å². The summed E-state index contributed by atoms with van der Waals surface area (Å²) in [6.07, 6.45) is 0. The van der Waals surface area contributed by atoms with Crippen LogP contribution in [0, 0.1) is 0 Å². The fourth-order valence-corrected chi connectivity index (χ4v) is 2.59. The number of nitrogens with one attached hydrogen (secondary N) is 4. The third-order valence-electron chi connectivity index (χ3n) is 3.76. The molecule has 0 spiro atoms. The number of amides is 3. The second-order valence-corrected chi connectivity index (χ2v) is 6.33. The van der Waals surface area contributed by atoms with Crippen molar-refractivity contribution in [3.05, 3.63) is 59.2 Å². The largest absolute Gasteiger partial charge is 0.378 e. The second-order valence-electron chi connectivity index (χ2n) is 5.89. The number of aromatic amines is 1. The molecule has 0 saturated carbocycles. The number of hydrogen-bond donors (Lipinski definition) is 4. The van der Waals surface area contributed by atoms with Gasteiger partial charge in [-0.1, -0.05) is 11.6 Å². The first-order valence-electron chi connectivity index (χ1n) is 7.85. The molecule has 1 heterocycles. The van der Waals surface area contributed by atoms with Gasteiger partial charge in [0.1, 0.15) is 5.69 Å². The minimum absolute atomic E-state index is 0.318. The summed E-state index contributed by atoms with van der Waals surface area (Å²) in [6.45, 7) is 0. The normalized spacial score (nSPS) is 10.4. The Morgan fingerprint density at radius 3 is 2.42 bits per heavy atom. The first-order chi connectivity index (χ1) is 12.4. The quantitative estimate of drug-likeness (QED) is 0.532. The molecule has 0 aliphatic carbocycles. The lowest BCUT2D eigenvalue weighted by molar-refractivity contribution is 0.0933. The van der Waals surface area contributed by atoms with Crippen molar-refractivity contribution in [2.75, 3.05) is 24.3 Å². The fourth-order valence-electron chi connectivity index (χ4n) is 2.41. The molecule has 0 fully saturated rings. The standard InChI is InChI=1S/C18H18ClN5O2/c1-24(2)14-6-4-13(5-7-14)20-18(26)23-22-17(25)16-10-11-9-12(19)3-8-15(11)21-16/h3-10,21H,1-2H3,(H,22,25)(H2,20,23,26). The zero-order valence-electron chi connectivity index (χ0n) is 14.3. The highest BCUT2D eigenvalue weighted by Crippen LogP contribution is 2.20. The molecule has 1 aromatic heterocycles. The SMILES string of the molecule is CN(C)c1ccc(NC(=O)NNC(=O)c2cc3cc(Cl)ccc3[nH]2)cc1. The molecule has 8 heteroatoms. The number of anilines is 2. The Bertz CT molecular complexity index is 950. The lowest BCUT2D eigenvalue weighted by Crippen LogP contribution is -2.44. The average Bonchev–Trinajstić information content (AvgIpc) is 3.03. The van der Waals surface area contributed by atoms with Crippen molar-refractivity contribution in [1.82, 2.24) is 15.8 Å². The molecule has 3 rings (SSSR count). The lowest BCUT2D eigenvalue weighted by Gasteiger charge is -2.13. The Morgan fingerprint density at radius 1 is 1.00 bits per heavy atom. The van der Waals surface area contributed by atoms with Crippen LogP contribution in [0.1, 0.15) is 10.5 Å². The molecular weight excluding hydrogens is 354 g/mol. The molecule has 0 radical (unpaired) electrons. The smallest absolute Gasteiger partial charge is 0.337 e. The van der Waals surface area contributed by atoms with Crippen LogP contribution in [0.4, 0.5) is 16.2 Å². The van der Waals surface area contributed by atoms with Crippen molar-refractivity contribution in [2.24, 2.45) is 0 Å². The Morgan fingerprint density at radius 2 is 1.73 bits per heavy atom. The molecule has 0 aliphatic rings. The van der Waals surface area contributed by atoms with Gasteiger partial charge < -0.3 is 15.2 Å². The fraction of sp³-hybridized carbons (Fsp3) is 0.111. The minimum atomic E-state index is -0.546. The van der Waals surface area contributed by atoms with Crippen LogP contribution in [0.3, 0.4) is 0 Å². The van der Waals surface area contributed by atoms with Crippen molar-refractivity contribution in [3.63, 3.8) is 0 Å². The molecule has 3 amide bonds. The van der Waals surface area contributed by atoms with Crippen LogP contribution < -0.4 is 21.1 Å². The Labute approximate surface area is 155 Å². The van der Waals surface area contributed by atoms with Gasteiger partial charge in [0.05, 0.1) is 0 Å². The predicted octanol–water partition coefficient (Wildman–Crippen LogP) is 3.35. The van der Waals surface area contributed by atoms with Gasteiger partial charge in [-0.2, -0.15) is 0 Å². The van der Waals surface area contributed by atoms with Gasteiger partial charge in [-0.25, -0.2) is 10.2 Å². The zero-order chi connectivity index (χ0) is 18.7. The summed E-state index contributed by atoms with van der Waals surface area (Å²) in [6, 6.07) is 13.7. The number of nitrogens with zero attached hydrogens (tertiary/aromatic N) is 1. The topological polar surface area (TPSA) is 89.3 Å². The van der Waals surface area contributed by atoms with Crippen molar-refractivity contribution in [3.8, 4) is 0 Å². The van der Waals surface area contributed by atoms with Crippen LogP contribution in [0.2, 0.25) is 5.02 Å². The number of carbonyl (C=O) groups is 2. The maximum atomic E-state index is 12.2. The monoisotopic (exact) mass is 371 g/mol. The number of rotatable bonds is 3. The van der Waals surface area contributed by atoms with E-state index in [1.54, 1.807) is 36.4 Å². The molecule has 0 bridgehead atoms. The van der Waals surface area contributed by atoms with Gasteiger partial charge in [0.2, 0.25) is 0 Å². The predicted molar refractivity (Wildman–Crippen MR) is 104 cm³/mol. The van der Waals surface area contributed by atoms with E-state index in [0.717, 1.165) is 16.6 Å². The summed E-state index contributed by atoms with van der Waals surface area (Å²) < 4.78 is 0. The van der Waals surface area contributed by atoms with Gasteiger partial charge >= 0.3 is 6.03 Å². The van der Waals surface area contributed by atoms with Gasteiger partial charge in [-0.3, -0.25) is 10.2 Å². The van der Waals surface area contributed by atoms with Crippen LogP contribution in [0.15, 0.2) is 48.5 Å². The molecule has 0 saturated heterocycles. The average molecular weight is 372 g/mol. The highest BCUT2D eigenvalue weighted by atomic mass is 35.5. The molecule has 0 aliphatic heterocycles. The highest BCUT2D eigenvalue weighted by Gasteiger charge is 2.11. The van der Waals surface area contributed by atoms with E-state index in [4.69, 9.17) is 11.6 Å². The Hall–Kier alpha value is -3.19.